The van der Waals surface area contributed by atoms with Gasteiger partial charge in [0.2, 0.25) is 5.91 Å². The average Bonchev–Trinajstić information content (AvgIpc) is 3.10. The van der Waals surface area contributed by atoms with Crippen molar-refractivity contribution in [1.29, 1.82) is 0 Å². The van der Waals surface area contributed by atoms with Gasteiger partial charge in [0, 0.05) is 31.7 Å². The highest BCUT2D eigenvalue weighted by Gasteiger charge is 2.32. The van der Waals surface area contributed by atoms with E-state index in [0.717, 1.165) is 0 Å². The minimum absolute atomic E-state index is 0.118. The topological polar surface area (TPSA) is 45.7 Å². The lowest BCUT2D eigenvalue weighted by Gasteiger charge is -2.35. The predicted octanol–water partition coefficient (Wildman–Crippen LogP) is 2.32. The maximum absolute atomic E-state index is 13.7. The first-order valence-corrected chi connectivity index (χ1v) is 8.29. The highest BCUT2D eigenvalue weighted by molar-refractivity contribution is 7.13. The van der Waals surface area contributed by atoms with Gasteiger partial charge in [0.1, 0.15) is 11.9 Å². The number of ether oxygens (including phenoxy) is 1. The Morgan fingerprint density at radius 2 is 2.22 bits per heavy atom. The van der Waals surface area contributed by atoms with E-state index < -0.39 is 6.04 Å². The van der Waals surface area contributed by atoms with E-state index in [1.807, 2.05) is 10.3 Å². The number of aromatic nitrogens is 1. The lowest BCUT2D eigenvalue weighted by Crippen LogP contribution is -2.46. The van der Waals surface area contributed by atoms with Crippen molar-refractivity contribution in [3.8, 4) is 0 Å². The summed E-state index contributed by atoms with van der Waals surface area (Å²) in [6.45, 7) is 2.41. The van der Waals surface area contributed by atoms with Crippen molar-refractivity contribution in [2.24, 2.45) is 0 Å². The van der Waals surface area contributed by atoms with Gasteiger partial charge in [-0.25, -0.2) is 9.37 Å². The number of benzene rings is 1. The van der Waals surface area contributed by atoms with Crippen LogP contribution in [0.15, 0.2) is 35.8 Å². The fraction of sp³-hybridized carbons (Fsp3) is 0.375. The molecule has 0 unspecified atom stereocenters. The Hall–Kier alpha value is -1.83. The Kier molecular flexibility index (Phi) is 5.00. The molecule has 2 heterocycles. The van der Waals surface area contributed by atoms with Crippen LogP contribution in [0.2, 0.25) is 0 Å². The van der Waals surface area contributed by atoms with Crippen LogP contribution in [-0.4, -0.2) is 49.1 Å². The second kappa shape index (κ2) is 7.16. The van der Waals surface area contributed by atoms with Crippen molar-refractivity contribution in [3.05, 3.63) is 47.2 Å². The van der Waals surface area contributed by atoms with Crippen LogP contribution >= 0.6 is 11.3 Å². The van der Waals surface area contributed by atoms with E-state index in [1.165, 1.54) is 28.4 Å². The molecule has 0 radical (unpaired) electrons. The molecule has 1 atom stereocenters. The van der Waals surface area contributed by atoms with E-state index in [0.29, 0.717) is 37.0 Å². The quantitative estimate of drug-likeness (QED) is 0.860. The molecule has 0 N–H and O–H groups in total. The molecule has 5 nitrogen and oxygen atoms in total. The minimum atomic E-state index is -0.538. The maximum Gasteiger partial charge on any atom is 0.250 e. The Balaban J connectivity index is 1.92. The van der Waals surface area contributed by atoms with Gasteiger partial charge in [0.25, 0.3) is 0 Å². The monoisotopic (exact) mass is 335 g/mol. The molecule has 0 saturated carbocycles. The highest BCUT2D eigenvalue weighted by atomic mass is 32.1. The van der Waals surface area contributed by atoms with Crippen LogP contribution in [0.5, 0.6) is 0 Å². The molecule has 0 aliphatic carbocycles. The Morgan fingerprint density at radius 1 is 1.43 bits per heavy atom. The fourth-order valence-electron chi connectivity index (χ4n) is 2.68. The number of rotatable bonds is 4. The van der Waals surface area contributed by atoms with E-state index >= 15 is 0 Å². The summed E-state index contributed by atoms with van der Waals surface area (Å²) in [7, 11) is 1.70. The number of carbonyl (C=O) groups is 1. The number of carbonyl (C=O) groups excluding carboxylic acids is 1. The summed E-state index contributed by atoms with van der Waals surface area (Å²) >= 11 is 1.40. The molecule has 2 aromatic rings. The number of morpholine rings is 1. The number of nitrogens with zero attached hydrogens (tertiary/aromatic N) is 3. The fourth-order valence-corrected chi connectivity index (χ4v) is 3.29. The van der Waals surface area contributed by atoms with Gasteiger partial charge in [-0.3, -0.25) is 14.6 Å². The van der Waals surface area contributed by atoms with Crippen molar-refractivity contribution in [3.63, 3.8) is 0 Å². The summed E-state index contributed by atoms with van der Waals surface area (Å²) in [5.74, 6) is -0.460. The van der Waals surface area contributed by atoms with E-state index in [-0.39, 0.29) is 11.7 Å². The van der Waals surface area contributed by atoms with Crippen LogP contribution in [0.3, 0.4) is 0 Å². The molecule has 1 saturated heterocycles. The number of halogens is 1. The number of amides is 1. The summed E-state index contributed by atoms with van der Waals surface area (Å²) < 4.78 is 19.0. The lowest BCUT2D eigenvalue weighted by atomic mass is 10.0. The number of likely N-dealkylation sites (N-methyl/N-ethyl adjacent to an activating group) is 1. The molecule has 3 rings (SSSR count). The number of hydrogen-bond acceptors (Lipinski definition) is 5. The third kappa shape index (κ3) is 3.57. The zero-order chi connectivity index (χ0) is 16.2. The van der Waals surface area contributed by atoms with Crippen LogP contribution in [-0.2, 0) is 9.53 Å². The summed E-state index contributed by atoms with van der Waals surface area (Å²) in [6.07, 6.45) is 1.66. The van der Waals surface area contributed by atoms with Gasteiger partial charge in [0.05, 0.1) is 13.2 Å². The second-order valence-corrected chi connectivity index (χ2v) is 6.19. The number of thiazole rings is 1. The number of hydrogen-bond donors (Lipinski definition) is 0. The molecular weight excluding hydrogens is 317 g/mol. The SMILES string of the molecule is CN(C(=O)[C@@H](c1cccc(F)c1)N1CCOCC1)c1nccs1. The largest absolute Gasteiger partial charge is 0.379 e. The van der Waals surface area contributed by atoms with E-state index in [2.05, 4.69) is 4.98 Å². The lowest BCUT2D eigenvalue weighted by molar-refractivity contribution is -0.125. The molecule has 1 aromatic carbocycles. The second-order valence-electron chi connectivity index (χ2n) is 5.32. The molecule has 1 fully saturated rings. The van der Waals surface area contributed by atoms with Crippen LogP contribution < -0.4 is 4.90 Å². The first kappa shape index (κ1) is 16.0. The summed E-state index contributed by atoms with van der Waals surface area (Å²) in [6, 6.07) is 5.69. The zero-order valence-corrected chi connectivity index (χ0v) is 13.6. The van der Waals surface area contributed by atoms with Gasteiger partial charge in [-0.2, -0.15) is 0 Å². The maximum atomic E-state index is 13.7. The molecule has 122 valence electrons. The Morgan fingerprint density at radius 3 is 2.87 bits per heavy atom. The summed E-state index contributed by atoms with van der Waals surface area (Å²) in [5.41, 5.74) is 0.653. The van der Waals surface area contributed by atoms with Crippen molar-refractivity contribution >= 4 is 22.4 Å². The molecular formula is C16H18FN3O2S. The van der Waals surface area contributed by atoms with Crippen LogP contribution in [0, 0.1) is 5.82 Å². The van der Waals surface area contributed by atoms with Crippen LogP contribution in [0.4, 0.5) is 9.52 Å². The average molecular weight is 335 g/mol. The van der Waals surface area contributed by atoms with Gasteiger partial charge in [-0.05, 0) is 17.7 Å². The smallest absolute Gasteiger partial charge is 0.250 e. The van der Waals surface area contributed by atoms with Crippen LogP contribution in [0.1, 0.15) is 11.6 Å². The van der Waals surface area contributed by atoms with Crippen molar-refractivity contribution in [2.75, 3.05) is 38.3 Å². The van der Waals surface area contributed by atoms with E-state index in [9.17, 15) is 9.18 Å². The Bertz CT molecular complexity index is 659. The molecule has 7 heteroatoms. The molecule has 0 spiro atoms. The minimum Gasteiger partial charge on any atom is -0.379 e. The van der Waals surface area contributed by atoms with Gasteiger partial charge >= 0.3 is 0 Å². The highest BCUT2D eigenvalue weighted by Crippen LogP contribution is 2.27. The van der Waals surface area contributed by atoms with Crippen molar-refractivity contribution in [1.82, 2.24) is 9.88 Å². The van der Waals surface area contributed by atoms with Gasteiger partial charge in [0.15, 0.2) is 5.13 Å². The third-order valence-corrected chi connectivity index (χ3v) is 4.69. The molecule has 0 bridgehead atoms. The predicted molar refractivity (Wildman–Crippen MR) is 87.1 cm³/mol. The summed E-state index contributed by atoms with van der Waals surface area (Å²) in [4.78, 5) is 20.8. The summed E-state index contributed by atoms with van der Waals surface area (Å²) in [5, 5.41) is 2.45. The van der Waals surface area contributed by atoms with E-state index in [1.54, 1.807) is 25.4 Å². The van der Waals surface area contributed by atoms with Crippen LogP contribution in [0.25, 0.3) is 0 Å². The van der Waals surface area contributed by atoms with Gasteiger partial charge < -0.3 is 4.74 Å². The number of anilines is 1. The first-order valence-electron chi connectivity index (χ1n) is 7.41. The molecule has 1 aromatic heterocycles. The standard InChI is InChI=1S/C16H18FN3O2S/c1-19(16-18-5-10-23-16)15(21)14(20-6-8-22-9-7-20)12-3-2-4-13(17)11-12/h2-5,10-11,14H,6-9H2,1H3/t14-/m1/s1. The molecule has 1 amide bonds. The molecule has 1 aliphatic rings. The van der Waals surface area contributed by atoms with Gasteiger partial charge in [-0.15, -0.1) is 11.3 Å². The third-order valence-electron chi connectivity index (χ3n) is 3.85. The van der Waals surface area contributed by atoms with E-state index in [4.69, 9.17) is 4.74 Å². The normalized spacial score (nSPS) is 17.0. The molecule has 23 heavy (non-hydrogen) atoms. The van der Waals surface area contributed by atoms with Gasteiger partial charge in [-0.1, -0.05) is 12.1 Å². The van der Waals surface area contributed by atoms with Crippen molar-refractivity contribution < 1.29 is 13.9 Å². The zero-order valence-electron chi connectivity index (χ0n) is 12.8. The molecule has 1 aliphatic heterocycles. The first-order chi connectivity index (χ1) is 11.2. The van der Waals surface area contributed by atoms with Crippen molar-refractivity contribution in [2.45, 2.75) is 6.04 Å². The Labute approximate surface area is 138 Å².